The number of hydrogen-bond acceptors (Lipinski definition) is 5. The average molecular weight is 524 g/mol. The van der Waals surface area contributed by atoms with Crippen molar-refractivity contribution in [3.8, 4) is 0 Å². The number of nitro groups is 1. The van der Waals surface area contributed by atoms with Crippen LogP contribution in [0, 0.1) is 10.1 Å². The van der Waals surface area contributed by atoms with Gasteiger partial charge in [-0.1, -0.05) is 70.5 Å². The van der Waals surface area contributed by atoms with Gasteiger partial charge in [-0.05, 0) is 23.8 Å². The Morgan fingerprint density at radius 1 is 0.968 bits per heavy atom. The molecule has 0 amide bonds. The maximum atomic E-state index is 13.1. The molecule has 31 heavy (non-hydrogen) atoms. The molecule has 2 atom stereocenters. The van der Waals surface area contributed by atoms with Crippen LogP contribution in [0.25, 0.3) is 0 Å². The second-order valence-corrected chi connectivity index (χ2v) is 9.58. The van der Waals surface area contributed by atoms with E-state index in [0.29, 0.717) is 11.1 Å². The van der Waals surface area contributed by atoms with E-state index in [1.807, 2.05) is 0 Å². The molecule has 0 fully saturated rings. The largest absolute Gasteiger partial charge is 0.292 e. The van der Waals surface area contributed by atoms with E-state index >= 15 is 0 Å². The number of halogens is 2. The number of nitrogens with zero attached hydrogens (tertiary/aromatic N) is 1. The van der Waals surface area contributed by atoms with Crippen LogP contribution in [0.15, 0.2) is 88.2 Å². The van der Waals surface area contributed by atoms with Crippen molar-refractivity contribution >= 4 is 49.0 Å². The van der Waals surface area contributed by atoms with E-state index in [9.17, 15) is 23.3 Å². The van der Waals surface area contributed by atoms with E-state index in [1.165, 1.54) is 12.1 Å². The van der Waals surface area contributed by atoms with Gasteiger partial charge in [-0.25, -0.2) is 13.1 Å². The number of carbonyl (C=O) groups is 1. The second kappa shape index (κ2) is 9.69. The van der Waals surface area contributed by atoms with Crippen LogP contribution in [0.2, 0.25) is 0 Å². The van der Waals surface area contributed by atoms with Gasteiger partial charge >= 0.3 is 0 Å². The number of Topliss-reactive ketones (excluding diaryl/α,β-unsaturated/α-hetero) is 1. The molecule has 3 aromatic rings. The summed E-state index contributed by atoms with van der Waals surface area (Å²) in [6.45, 7) is 0. The van der Waals surface area contributed by atoms with E-state index in [2.05, 4.69) is 20.7 Å². The van der Waals surface area contributed by atoms with Crippen molar-refractivity contribution < 1.29 is 18.1 Å². The molecule has 0 bridgehead atoms. The second-order valence-electron chi connectivity index (χ2n) is 6.51. The molecule has 7 nitrogen and oxygen atoms in total. The number of sulfonamides is 1. The highest BCUT2D eigenvalue weighted by molar-refractivity contribution is 9.10. The lowest BCUT2D eigenvalue weighted by atomic mass is 9.98. The van der Waals surface area contributed by atoms with Crippen LogP contribution in [0.3, 0.4) is 0 Å². The highest BCUT2D eigenvalue weighted by Gasteiger charge is 2.34. The van der Waals surface area contributed by atoms with Crippen LogP contribution in [-0.2, 0) is 10.0 Å². The zero-order chi connectivity index (χ0) is 22.6. The lowest BCUT2D eigenvalue weighted by Gasteiger charge is -2.23. The summed E-state index contributed by atoms with van der Waals surface area (Å²) in [4.78, 5) is 23.0. The quantitative estimate of drug-likeness (QED) is 0.196. The van der Waals surface area contributed by atoms with Crippen LogP contribution in [-0.4, -0.2) is 24.5 Å². The van der Waals surface area contributed by atoms with Crippen molar-refractivity contribution in [3.05, 3.63) is 105 Å². The summed E-state index contributed by atoms with van der Waals surface area (Å²) in [6.07, 6.45) is 0. The molecule has 3 aromatic carbocycles. The summed E-state index contributed by atoms with van der Waals surface area (Å²) < 4.78 is 29.3. The summed E-state index contributed by atoms with van der Waals surface area (Å²) >= 11 is 9.79. The summed E-state index contributed by atoms with van der Waals surface area (Å²) in [5.41, 5.74) is 0.161. The number of alkyl halides is 1. The predicted octanol–water partition coefficient (Wildman–Crippen LogP) is 4.87. The Bertz CT molecular complexity index is 1200. The SMILES string of the molecule is O=C(c1ccccc1)[C@@H](Cl)[C@@H](NS(=O)(=O)c1ccccc1[N+](=O)[O-])c1ccc(Br)cc1. The van der Waals surface area contributed by atoms with Gasteiger partial charge in [0.25, 0.3) is 5.69 Å². The predicted molar refractivity (Wildman–Crippen MR) is 121 cm³/mol. The van der Waals surface area contributed by atoms with Gasteiger partial charge in [-0.3, -0.25) is 14.9 Å². The number of hydrogen-bond donors (Lipinski definition) is 1. The number of benzene rings is 3. The van der Waals surface area contributed by atoms with Gasteiger partial charge in [-0.15, -0.1) is 11.6 Å². The summed E-state index contributed by atoms with van der Waals surface area (Å²) in [5, 5.41) is 10.0. The van der Waals surface area contributed by atoms with E-state index in [4.69, 9.17) is 11.6 Å². The van der Waals surface area contributed by atoms with Gasteiger partial charge in [0.15, 0.2) is 10.7 Å². The van der Waals surface area contributed by atoms with E-state index in [1.54, 1.807) is 54.6 Å². The molecule has 0 radical (unpaired) electrons. The molecule has 3 rings (SSSR count). The van der Waals surface area contributed by atoms with Crippen molar-refractivity contribution in [1.29, 1.82) is 0 Å². The Morgan fingerprint density at radius 3 is 2.16 bits per heavy atom. The van der Waals surface area contributed by atoms with Crippen LogP contribution in [0.4, 0.5) is 5.69 Å². The summed E-state index contributed by atoms with van der Waals surface area (Å²) in [6, 6.07) is 18.6. The van der Waals surface area contributed by atoms with E-state index < -0.39 is 42.7 Å². The fourth-order valence-electron chi connectivity index (χ4n) is 2.95. The molecule has 160 valence electrons. The van der Waals surface area contributed by atoms with Gasteiger partial charge in [0.05, 0.1) is 11.0 Å². The zero-order valence-corrected chi connectivity index (χ0v) is 19.0. The van der Waals surface area contributed by atoms with Crippen molar-refractivity contribution in [1.82, 2.24) is 4.72 Å². The monoisotopic (exact) mass is 522 g/mol. The molecule has 1 N–H and O–H groups in total. The van der Waals surface area contributed by atoms with E-state index in [0.717, 1.165) is 16.6 Å². The first kappa shape index (κ1) is 23.1. The summed E-state index contributed by atoms with van der Waals surface area (Å²) in [7, 11) is -4.39. The van der Waals surface area contributed by atoms with Crippen LogP contribution >= 0.6 is 27.5 Å². The molecule has 0 saturated carbocycles. The lowest BCUT2D eigenvalue weighted by molar-refractivity contribution is -0.387. The number of ketones is 1. The highest BCUT2D eigenvalue weighted by Crippen LogP contribution is 2.30. The third kappa shape index (κ3) is 5.37. The molecular formula is C21H16BrClN2O5S. The number of carbonyl (C=O) groups excluding carboxylic acids is 1. The van der Waals surface area contributed by atoms with Gasteiger partial charge in [0.1, 0.15) is 5.38 Å². The van der Waals surface area contributed by atoms with Gasteiger partial charge in [-0.2, -0.15) is 0 Å². The Hall–Kier alpha value is -2.59. The number of para-hydroxylation sites is 1. The molecular weight excluding hydrogens is 508 g/mol. The molecule has 0 heterocycles. The van der Waals surface area contributed by atoms with Crippen molar-refractivity contribution in [2.75, 3.05) is 0 Å². The summed E-state index contributed by atoms with van der Waals surface area (Å²) in [5.74, 6) is -0.486. The van der Waals surface area contributed by atoms with Crippen molar-refractivity contribution in [2.45, 2.75) is 16.3 Å². The Balaban J connectivity index is 2.04. The number of nitro benzene ring substituents is 1. The minimum Gasteiger partial charge on any atom is -0.292 e. The fraction of sp³-hybridized carbons (Fsp3) is 0.0952. The minimum atomic E-state index is -4.39. The fourth-order valence-corrected chi connectivity index (χ4v) is 5.03. The minimum absolute atomic E-state index is 0.314. The van der Waals surface area contributed by atoms with Gasteiger partial charge in [0, 0.05) is 16.1 Å². The van der Waals surface area contributed by atoms with Gasteiger partial charge in [0.2, 0.25) is 10.0 Å². The van der Waals surface area contributed by atoms with Crippen molar-refractivity contribution in [3.63, 3.8) is 0 Å². The first-order valence-electron chi connectivity index (χ1n) is 8.95. The molecule has 10 heteroatoms. The Morgan fingerprint density at radius 2 is 1.55 bits per heavy atom. The molecule has 0 aliphatic rings. The Labute approximate surface area is 192 Å². The van der Waals surface area contributed by atoms with Crippen LogP contribution < -0.4 is 4.72 Å². The molecule has 0 aliphatic heterocycles. The molecule has 0 aliphatic carbocycles. The first-order chi connectivity index (χ1) is 14.7. The third-order valence-corrected chi connectivity index (χ3v) is 6.93. The first-order valence-corrected chi connectivity index (χ1v) is 11.7. The van der Waals surface area contributed by atoms with Gasteiger partial charge < -0.3 is 0 Å². The smallest absolute Gasteiger partial charge is 0.289 e. The highest BCUT2D eigenvalue weighted by atomic mass is 79.9. The average Bonchev–Trinajstić information content (AvgIpc) is 2.78. The normalized spacial score (nSPS) is 13.4. The molecule has 0 saturated heterocycles. The van der Waals surface area contributed by atoms with Crippen LogP contribution in [0.1, 0.15) is 22.0 Å². The lowest BCUT2D eigenvalue weighted by Crippen LogP contribution is -2.38. The number of rotatable bonds is 8. The molecule has 0 spiro atoms. The van der Waals surface area contributed by atoms with Crippen LogP contribution in [0.5, 0.6) is 0 Å². The Kier molecular flexibility index (Phi) is 7.22. The maximum Gasteiger partial charge on any atom is 0.289 e. The molecule has 0 aromatic heterocycles. The zero-order valence-electron chi connectivity index (χ0n) is 15.8. The maximum absolute atomic E-state index is 13.1. The topological polar surface area (TPSA) is 106 Å². The molecule has 0 unspecified atom stereocenters. The third-order valence-electron chi connectivity index (χ3n) is 4.46. The standard InChI is InChI=1S/C21H16BrClN2O5S/c22-16-12-10-14(11-13-16)20(19(23)21(26)15-6-2-1-3-7-15)24-31(29,30)18-9-5-4-8-17(18)25(27)28/h1-13,19-20,24H/t19-,20-/m0/s1. The van der Waals surface area contributed by atoms with E-state index in [-0.39, 0.29) is 0 Å². The number of nitrogens with one attached hydrogen (secondary N) is 1. The van der Waals surface area contributed by atoms with Crippen molar-refractivity contribution in [2.24, 2.45) is 0 Å².